The second-order valence-corrected chi connectivity index (χ2v) is 7.21. The molecule has 3 rings (SSSR count). The summed E-state index contributed by atoms with van der Waals surface area (Å²) in [6.07, 6.45) is 0. The molecule has 0 atom stereocenters. The third-order valence-electron chi connectivity index (χ3n) is 4.49. The molecule has 162 valence electrons. The van der Waals surface area contributed by atoms with Gasteiger partial charge in [-0.05, 0) is 51.1 Å². The van der Waals surface area contributed by atoms with Gasteiger partial charge in [0.15, 0.2) is 5.82 Å². The number of hydrogen-bond acceptors (Lipinski definition) is 4. The number of nitrogens with zero attached hydrogens (tertiary/aromatic N) is 4. The number of benzene rings is 1. The van der Waals surface area contributed by atoms with Gasteiger partial charge in [0.25, 0.3) is 5.91 Å². The summed E-state index contributed by atoms with van der Waals surface area (Å²) in [5.41, 5.74) is 0.982. The fourth-order valence-corrected chi connectivity index (χ4v) is 3.19. The molecule has 2 amide bonds. The fraction of sp³-hybridized carbons (Fsp3) is 0.238. The molecule has 0 unspecified atom stereocenters. The summed E-state index contributed by atoms with van der Waals surface area (Å²) in [5, 5.41) is 6.61. The van der Waals surface area contributed by atoms with Gasteiger partial charge in [0.2, 0.25) is 5.91 Å². The molecule has 0 bridgehead atoms. The molecule has 0 radical (unpaired) electrons. The molecule has 31 heavy (non-hydrogen) atoms. The number of aromatic nitrogens is 3. The second-order valence-electron chi connectivity index (χ2n) is 6.80. The normalized spacial score (nSPS) is 10.8. The number of carbonyl (C=O) groups excluding carboxylic acids is 2. The van der Waals surface area contributed by atoms with Crippen LogP contribution in [0, 0.1) is 25.5 Å². The van der Waals surface area contributed by atoms with E-state index in [-0.39, 0.29) is 17.3 Å². The van der Waals surface area contributed by atoms with E-state index in [0.717, 1.165) is 23.5 Å². The quantitative estimate of drug-likeness (QED) is 0.621. The number of aryl methyl sites for hydroxylation is 2. The van der Waals surface area contributed by atoms with Gasteiger partial charge in [0.1, 0.15) is 29.6 Å². The van der Waals surface area contributed by atoms with Crippen LogP contribution in [0.4, 0.5) is 14.5 Å². The number of pyridine rings is 1. The molecule has 1 N–H and O–H groups in total. The van der Waals surface area contributed by atoms with Crippen molar-refractivity contribution in [2.24, 2.45) is 0 Å². The molecular weight excluding hydrogens is 428 g/mol. The van der Waals surface area contributed by atoms with Gasteiger partial charge >= 0.3 is 0 Å². The van der Waals surface area contributed by atoms with Gasteiger partial charge in [-0.25, -0.2) is 18.4 Å². The average Bonchev–Trinajstić information content (AvgIpc) is 3.07. The van der Waals surface area contributed by atoms with Crippen LogP contribution in [0.1, 0.15) is 28.8 Å². The van der Waals surface area contributed by atoms with Crippen LogP contribution in [0.15, 0.2) is 36.4 Å². The Kier molecular flexibility index (Phi) is 6.65. The SMILES string of the molecule is CCN(CC(=O)Nc1c(F)cccc1F)C(=O)c1nc(-n2nc(C)cc2C)ccc1Cl. The molecule has 0 saturated heterocycles. The van der Waals surface area contributed by atoms with Crippen LogP contribution in [0.5, 0.6) is 0 Å². The van der Waals surface area contributed by atoms with E-state index in [0.29, 0.717) is 5.82 Å². The highest BCUT2D eigenvalue weighted by Crippen LogP contribution is 2.20. The molecule has 0 spiro atoms. The van der Waals surface area contributed by atoms with Crippen molar-refractivity contribution in [3.05, 3.63) is 70.1 Å². The fourth-order valence-electron chi connectivity index (χ4n) is 3.01. The van der Waals surface area contributed by atoms with Crippen molar-refractivity contribution in [1.29, 1.82) is 0 Å². The van der Waals surface area contributed by atoms with Gasteiger partial charge in [-0.1, -0.05) is 17.7 Å². The standard InChI is InChI=1S/C21H20ClF2N5O2/c1-4-28(11-18(30)26-20-15(23)6-5-7-16(20)24)21(31)19-14(22)8-9-17(25-19)29-13(3)10-12(2)27-29/h5-10H,4,11H2,1-3H3,(H,26,30). The maximum absolute atomic E-state index is 13.8. The van der Waals surface area contributed by atoms with Gasteiger partial charge < -0.3 is 10.2 Å². The Balaban J connectivity index is 1.82. The van der Waals surface area contributed by atoms with Crippen LogP contribution in [0.3, 0.4) is 0 Å². The maximum atomic E-state index is 13.8. The van der Waals surface area contributed by atoms with Crippen LogP contribution in [0.25, 0.3) is 5.82 Å². The van der Waals surface area contributed by atoms with Crippen molar-refractivity contribution in [3.63, 3.8) is 0 Å². The smallest absolute Gasteiger partial charge is 0.274 e. The average molecular weight is 448 g/mol. The third kappa shape index (κ3) is 4.88. The van der Waals surface area contributed by atoms with Gasteiger partial charge in [-0.15, -0.1) is 0 Å². The number of rotatable bonds is 6. The van der Waals surface area contributed by atoms with E-state index in [1.54, 1.807) is 17.7 Å². The van der Waals surface area contributed by atoms with Gasteiger partial charge in [-0.2, -0.15) is 5.10 Å². The first-order valence-corrected chi connectivity index (χ1v) is 9.82. The number of nitrogens with one attached hydrogen (secondary N) is 1. The van der Waals surface area contributed by atoms with Crippen LogP contribution in [0.2, 0.25) is 5.02 Å². The lowest BCUT2D eigenvalue weighted by Gasteiger charge is -2.21. The third-order valence-corrected chi connectivity index (χ3v) is 4.80. The summed E-state index contributed by atoms with van der Waals surface area (Å²) < 4.78 is 29.1. The Morgan fingerprint density at radius 3 is 2.42 bits per heavy atom. The van der Waals surface area contributed by atoms with Crippen molar-refractivity contribution in [2.75, 3.05) is 18.4 Å². The van der Waals surface area contributed by atoms with Crippen LogP contribution in [-0.4, -0.2) is 44.6 Å². The van der Waals surface area contributed by atoms with E-state index in [9.17, 15) is 18.4 Å². The zero-order valence-electron chi connectivity index (χ0n) is 17.1. The van der Waals surface area contributed by atoms with Crippen molar-refractivity contribution in [3.8, 4) is 5.82 Å². The molecule has 10 heteroatoms. The number of para-hydroxylation sites is 1. The lowest BCUT2D eigenvalue weighted by Crippen LogP contribution is -2.38. The largest absolute Gasteiger partial charge is 0.328 e. The summed E-state index contributed by atoms with van der Waals surface area (Å²) in [6, 6.07) is 8.25. The van der Waals surface area contributed by atoms with Crippen LogP contribution in [-0.2, 0) is 4.79 Å². The predicted molar refractivity (Wildman–Crippen MR) is 112 cm³/mol. The highest BCUT2D eigenvalue weighted by atomic mass is 35.5. The van der Waals surface area contributed by atoms with E-state index >= 15 is 0 Å². The van der Waals surface area contributed by atoms with Gasteiger partial charge in [0, 0.05) is 12.2 Å². The Labute approximate surface area is 182 Å². The minimum atomic E-state index is -0.912. The van der Waals surface area contributed by atoms with Crippen molar-refractivity contribution in [1.82, 2.24) is 19.7 Å². The number of halogens is 3. The lowest BCUT2D eigenvalue weighted by atomic mass is 10.2. The highest BCUT2D eigenvalue weighted by Gasteiger charge is 2.23. The Hall–Kier alpha value is -3.33. The Morgan fingerprint density at radius 1 is 1.16 bits per heavy atom. The zero-order valence-corrected chi connectivity index (χ0v) is 17.9. The molecular formula is C21H20ClF2N5O2. The molecule has 0 aliphatic carbocycles. The summed E-state index contributed by atoms with van der Waals surface area (Å²) in [5.74, 6) is -2.78. The Bertz CT molecular complexity index is 1130. The maximum Gasteiger partial charge on any atom is 0.274 e. The predicted octanol–water partition coefficient (Wildman–Crippen LogP) is 3.92. The Morgan fingerprint density at radius 2 is 1.84 bits per heavy atom. The van der Waals surface area contributed by atoms with E-state index in [1.165, 1.54) is 17.0 Å². The molecule has 3 aromatic rings. The first-order valence-electron chi connectivity index (χ1n) is 9.44. The second kappa shape index (κ2) is 9.22. The minimum Gasteiger partial charge on any atom is -0.328 e. The number of hydrogen-bond donors (Lipinski definition) is 1. The number of carbonyl (C=O) groups is 2. The van der Waals surface area contributed by atoms with E-state index in [2.05, 4.69) is 15.4 Å². The summed E-state index contributed by atoms with van der Waals surface area (Å²) >= 11 is 6.19. The summed E-state index contributed by atoms with van der Waals surface area (Å²) in [4.78, 5) is 30.9. The zero-order chi connectivity index (χ0) is 22.7. The van der Waals surface area contributed by atoms with Crippen molar-refractivity contribution in [2.45, 2.75) is 20.8 Å². The molecule has 2 heterocycles. The molecule has 0 aliphatic rings. The van der Waals surface area contributed by atoms with Gasteiger partial charge in [-0.3, -0.25) is 9.59 Å². The molecule has 1 aromatic carbocycles. The van der Waals surface area contributed by atoms with Gasteiger partial charge in [0.05, 0.1) is 10.7 Å². The monoisotopic (exact) mass is 447 g/mol. The minimum absolute atomic E-state index is 0.0570. The topological polar surface area (TPSA) is 80.1 Å². The summed E-state index contributed by atoms with van der Waals surface area (Å²) in [6.45, 7) is 5.05. The summed E-state index contributed by atoms with van der Waals surface area (Å²) in [7, 11) is 0. The number of anilines is 1. The number of amides is 2. The van der Waals surface area contributed by atoms with E-state index in [1.807, 2.05) is 19.9 Å². The van der Waals surface area contributed by atoms with Crippen molar-refractivity contribution >= 4 is 29.1 Å². The lowest BCUT2D eigenvalue weighted by molar-refractivity contribution is -0.116. The van der Waals surface area contributed by atoms with Crippen molar-refractivity contribution < 1.29 is 18.4 Å². The first-order chi connectivity index (χ1) is 14.7. The van der Waals surface area contributed by atoms with E-state index < -0.39 is 35.7 Å². The van der Waals surface area contributed by atoms with Crippen LogP contribution >= 0.6 is 11.6 Å². The number of likely N-dealkylation sites (N-methyl/N-ethyl adjacent to an activating group) is 1. The molecule has 7 nitrogen and oxygen atoms in total. The molecule has 0 saturated carbocycles. The highest BCUT2D eigenvalue weighted by molar-refractivity contribution is 6.33. The molecule has 0 fully saturated rings. The first kappa shape index (κ1) is 22.4. The van der Waals surface area contributed by atoms with E-state index in [4.69, 9.17) is 11.6 Å². The van der Waals surface area contributed by atoms with Crippen LogP contribution < -0.4 is 5.32 Å². The molecule has 0 aliphatic heterocycles. The molecule has 2 aromatic heterocycles.